The highest BCUT2D eigenvalue weighted by atomic mass is 16.6. The minimum atomic E-state index is -1.12. The fourth-order valence-corrected chi connectivity index (χ4v) is 3.73. The lowest BCUT2D eigenvalue weighted by atomic mass is 9.97. The molecule has 0 spiro atoms. The van der Waals surface area contributed by atoms with E-state index in [2.05, 4.69) is 5.10 Å². The quantitative estimate of drug-likeness (QED) is 0.710. The van der Waals surface area contributed by atoms with Crippen LogP contribution >= 0.6 is 0 Å². The van der Waals surface area contributed by atoms with Gasteiger partial charge in [0, 0.05) is 24.4 Å². The van der Waals surface area contributed by atoms with E-state index in [4.69, 9.17) is 9.47 Å². The van der Waals surface area contributed by atoms with Crippen LogP contribution in [0, 0.1) is 5.92 Å². The van der Waals surface area contributed by atoms with E-state index in [9.17, 15) is 14.7 Å². The van der Waals surface area contributed by atoms with Crippen LogP contribution in [0.3, 0.4) is 0 Å². The highest BCUT2D eigenvalue weighted by Crippen LogP contribution is 2.23. The number of ether oxygens (including phenoxy) is 2. The van der Waals surface area contributed by atoms with Crippen LogP contribution in [0.5, 0.6) is 0 Å². The summed E-state index contributed by atoms with van der Waals surface area (Å²) in [6, 6.07) is 15.1. The number of carboxylic acid groups (broad SMARTS) is 1. The first kappa shape index (κ1) is 19.9. The van der Waals surface area contributed by atoms with Crippen molar-refractivity contribution in [3.8, 4) is 0 Å². The minimum Gasteiger partial charge on any atom is -0.463 e. The van der Waals surface area contributed by atoms with E-state index in [-0.39, 0.29) is 18.6 Å². The van der Waals surface area contributed by atoms with Crippen molar-refractivity contribution in [1.29, 1.82) is 0 Å². The van der Waals surface area contributed by atoms with Gasteiger partial charge in [-0.2, -0.15) is 9.78 Å². The molecule has 1 amide bonds. The van der Waals surface area contributed by atoms with Gasteiger partial charge in [0.15, 0.2) is 0 Å². The highest BCUT2D eigenvalue weighted by molar-refractivity contribution is 5.89. The lowest BCUT2D eigenvalue weighted by molar-refractivity contribution is 0.0915. The summed E-state index contributed by atoms with van der Waals surface area (Å²) in [4.78, 5) is 25.6. The summed E-state index contributed by atoms with van der Waals surface area (Å²) in [7, 11) is 0. The Balaban J connectivity index is 1.44. The Morgan fingerprint density at radius 2 is 2.00 bits per heavy atom. The molecular formula is C22H23N3O5. The van der Waals surface area contributed by atoms with Gasteiger partial charge in [-0.3, -0.25) is 0 Å². The van der Waals surface area contributed by atoms with Gasteiger partial charge in [0.05, 0.1) is 24.9 Å². The van der Waals surface area contributed by atoms with Crippen LogP contribution in [0.2, 0.25) is 0 Å². The number of amides is 1. The third-order valence-electron chi connectivity index (χ3n) is 5.19. The van der Waals surface area contributed by atoms with Crippen molar-refractivity contribution in [2.75, 3.05) is 26.3 Å². The van der Waals surface area contributed by atoms with E-state index < -0.39 is 6.09 Å². The Morgan fingerprint density at radius 3 is 2.80 bits per heavy atom. The van der Waals surface area contributed by atoms with Crippen LogP contribution in [-0.2, 0) is 22.5 Å². The number of fused-ring (bicyclic) bond motifs is 1. The lowest BCUT2D eigenvalue weighted by Gasteiger charge is -2.23. The van der Waals surface area contributed by atoms with E-state index >= 15 is 0 Å². The Hall–Kier alpha value is -3.39. The van der Waals surface area contributed by atoms with Gasteiger partial charge in [-0.05, 0) is 23.6 Å². The molecule has 0 aliphatic carbocycles. The number of rotatable bonds is 4. The number of benzene rings is 2. The smallest absolute Gasteiger partial charge is 0.432 e. The standard InChI is InChI=1S/C22H23N3O5/c26-21(27)25-20-8-4-7-18(19(20)12-23-25)11-17-13-24(9-10-29-14-17)22(28)30-15-16-5-2-1-3-6-16/h1-8,12,17H,9-11,13-15H2,(H,26,27). The van der Waals surface area contributed by atoms with Gasteiger partial charge in [-0.15, -0.1) is 0 Å². The van der Waals surface area contributed by atoms with Crippen LogP contribution in [0.1, 0.15) is 11.1 Å². The van der Waals surface area contributed by atoms with E-state index in [1.165, 1.54) is 0 Å². The first-order chi connectivity index (χ1) is 14.6. The van der Waals surface area contributed by atoms with E-state index in [0.29, 0.717) is 38.2 Å². The first-order valence-electron chi connectivity index (χ1n) is 9.84. The average molecular weight is 409 g/mol. The molecule has 3 aromatic rings. The molecule has 2 heterocycles. The fourth-order valence-electron chi connectivity index (χ4n) is 3.73. The third-order valence-corrected chi connectivity index (χ3v) is 5.19. The Morgan fingerprint density at radius 1 is 1.17 bits per heavy atom. The Labute approximate surface area is 173 Å². The maximum absolute atomic E-state index is 12.6. The minimum absolute atomic E-state index is 0.0653. The second-order valence-electron chi connectivity index (χ2n) is 7.32. The topological polar surface area (TPSA) is 93.9 Å². The largest absolute Gasteiger partial charge is 0.463 e. The van der Waals surface area contributed by atoms with Crippen molar-refractivity contribution in [1.82, 2.24) is 14.7 Å². The maximum atomic E-state index is 12.6. The maximum Gasteiger partial charge on any atom is 0.432 e. The molecule has 0 radical (unpaired) electrons. The van der Waals surface area contributed by atoms with Crippen LogP contribution < -0.4 is 0 Å². The van der Waals surface area contributed by atoms with Crippen LogP contribution in [0.4, 0.5) is 9.59 Å². The molecule has 0 saturated carbocycles. The predicted octanol–water partition coefficient (Wildman–Crippen LogP) is 3.39. The monoisotopic (exact) mass is 409 g/mol. The molecule has 0 bridgehead atoms. The normalized spacial score (nSPS) is 16.9. The summed E-state index contributed by atoms with van der Waals surface area (Å²) in [5.74, 6) is 0.0653. The molecule has 1 N–H and O–H groups in total. The van der Waals surface area contributed by atoms with Crippen LogP contribution in [0.25, 0.3) is 10.9 Å². The number of carbonyl (C=O) groups is 2. The van der Waals surface area contributed by atoms with Crippen molar-refractivity contribution >= 4 is 23.1 Å². The van der Waals surface area contributed by atoms with Crippen molar-refractivity contribution in [3.63, 3.8) is 0 Å². The molecule has 1 saturated heterocycles. The molecule has 8 heteroatoms. The SMILES string of the molecule is O=C(OCc1ccccc1)N1CCOCC(Cc2cccc3c2cnn3C(=O)O)C1. The lowest BCUT2D eigenvalue weighted by Crippen LogP contribution is -2.36. The summed E-state index contributed by atoms with van der Waals surface area (Å²) < 4.78 is 12.2. The van der Waals surface area contributed by atoms with Gasteiger partial charge in [0.25, 0.3) is 0 Å². The molecule has 1 aliphatic rings. The molecule has 1 aromatic heterocycles. The second-order valence-corrected chi connectivity index (χ2v) is 7.32. The first-order valence-corrected chi connectivity index (χ1v) is 9.84. The molecule has 1 unspecified atom stereocenters. The van der Waals surface area contributed by atoms with E-state index in [1.807, 2.05) is 42.5 Å². The zero-order valence-electron chi connectivity index (χ0n) is 16.4. The number of nitrogens with zero attached hydrogens (tertiary/aromatic N) is 3. The Bertz CT molecular complexity index is 1030. The van der Waals surface area contributed by atoms with Crippen LogP contribution in [-0.4, -0.2) is 58.3 Å². The van der Waals surface area contributed by atoms with Crippen molar-refractivity contribution in [2.24, 2.45) is 5.92 Å². The summed E-state index contributed by atoms with van der Waals surface area (Å²) in [6.07, 6.45) is 0.742. The summed E-state index contributed by atoms with van der Waals surface area (Å²) >= 11 is 0. The number of aromatic nitrogens is 2. The summed E-state index contributed by atoms with van der Waals surface area (Å²) in [6.45, 7) is 2.20. The van der Waals surface area contributed by atoms with Gasteiger partial charge >= 0.3 is 12.2 Å². The van der Waals surface area contributed by atoms with Gasteiger partial charge in [-0.25, -0.2) is 9.59 Å². The molecule has 2 aromatic carbocycles. The summed E-state index contributed by atoms with van der Waals surface area (Å²) in [5, 5.41) is 14.0. The van der Waals surface area contributed by atoms with Crippen molar-refractivity contribution in [2.45, 2.75) is 13.0 Å². The second kappa shape index (κ2) is 8.96. The third kappa shape index (κ3) is 4.44. The number of hydrogen-bond donors (Lipinski definition) is 1. The zero-order chi connectivity index (χ0) is 20.9. The predicted molar refractivity (Wildman–Crippen MR) is 109 cm³/mol. The van der Waals surface area contributed by atoms with Crippen molar-refractivity contribution < 1.29 is 24.2 Å². The van der Waals surface area contributed by atoms with Gasteiger partial charge < -0.3 is 19.5 Å². The van der Waals surface area contributed by atoms with Crippen molar-refractivity contribution in [3.05, 3.63) is 65.9 Å². The van der Waals surface area contributed by atoms with E-state index in [0.717, 1.165) is 21.2 Å². The van der Waals surface area contributed by atoms with Gasteiger partial charge in [0.1, 0.15) is 6.61 Å². The number of carbonyl (C=O) groups excluding carboxylic acids is 1. The van der Waals surface area contributed by atoms with Crippen LogP contribution in [0.15, 0.2) is 54.7 Å². The van der Waals surface area contributed by atoms with Gasteiger partial charge in [0.2, 0.25) is 0 Å². The summed E-state index contributed by atoms with van der Waals surface area (Å²) in [5.41, 5.74) is 2.47. The zero-order valence-corrected chi connectivity index (χ0v) is 16.4. The molecule has 156 valence electrons. The van der Waals surface area contributed by atoms with E-state index in [1.54, 1.807) is 17.2 Å². The molecule has 4 rings (SSSR count). The molecule has 1 aliphatic heterocycles. The molecule has 1 fully saturated rings. The number of hydrogen-bond acceptors (Lipinski definition) is 5. The molecule has 8 nitrogen and oxygen atoms in total. The fraction of sp³-hybridized carbons (Fsp3) is 0.318. The van der Waals surface area contributed by atoms with Gasteiger partial charge in [-0.1, -0.05) is 42.5 Å². The molecule has 1 atom stereocenters. The average Bonchev–Trinajstić information content (AvgIpc) is 3.07. The highest BCUT2D eigenvalue weighted by Gasteiger charge is 2.25. The Kier molecular flexibility index (Phi) is 5.94. The molecule has 30 heavy (non-hydrogen) atoms. The molecular weight excluding hydrogens is 386 g/mol.